The molecule has 1 aromatic heterocycles. The Hall–Kier alpha value is -1.63. The van der Waals surface area contributed by atoms with Crippen LogP contribution in [0.25, 0.3) is 17.0 Å². The maximum Gasteiger partial charge on any atom is 0.0708 e. The number of fused-ring (bicyclic) bond motifs is 1. The van der Waals surface area contributed by atoms with Crippen LogP contribution in [-0.4, -0.2) is 4.98 Å². The first kappa shape index (κ1) is 12.8. The molecule has 2 aromatic rings. The molecule has 1 aromatic carbocycles. The van der Waals surface area contributed by atoms with Crippen molar-refractivity contribution in [3.05, 3.63) is 47.2 Å². The van der Waals surface area contributed by atoms with Crippen LogP contribution in [-0.2, 0) is 0 Å². The zero-order valence-corrected chi connectivity index (χ0v) is 11.9. The second kappa shape index (κ2) is 4.56. The first-order valence-corrected chi connectivity index (χ1v) is 6.44. The van der Waals surface area contributed by atoms with Crippen molar-refractivity contribution >= 4 is 17.0 Å². The Morgan fingerprint density at radius 2 is 1.72 bits per heavy atom. The highest BCUT2D eigenvalue weighted by molar-refractivity contribution is 5.85. The number of aryl methyl sites for hydroxylation is 2. The van der Waals surface area contributed by atoms with Crippen molar-refractivity contribution < 1.29 is 0 Å². The smallest absolute Gasteiger partial charge is 0.0708 e. The second-order valence-electron chi connectivity index (χ2n) is 5.95. The van der Waals surface area contributed by atoms with Crippen LogP contribution in [0.1, 0.15) is 37.6 Å². The minimum absolute atomic E-state index is 0.199. The fourth-order valence-corrected chi connectivity index (χ4v) is 2.12. The van der Waals surface area contributed by atoms with E-state index in [1.807, 2.05) is 6.07 Å². The average molecular weight is 239 g/mol. The van der Waals surface area contributed by atoms with Gasteiger partial charge in [0.15, 0.2) is 0 Å². The summed E-state index contributed by atoms with van der Waals surface area (Å²) in [5.41, 5.74) is 4.96. The number of rotatable bonds is 1. The molecule has 1 heterocycles. The van der Waals surface area contributed by atoms with Gasteiger partial charge in [0.25, 0.3) is 0 Å². The summed E-state index contributed by atoms with van der Waals surface area (Å²) < 4.78 is 0. The van der Waals surface area contributed by atoms with E-state index >= 15 is 0 Å². The van der Waals surface area contributed by atoms with E-state index in [1.54, 1.807) is 0 Å². The molecular formula is C17H21N. The largest absolute Gasteiger partial charge is 0.252 e. The van der Waals surface area contributed by atoms with Crippen molar-refractivity contribution in [3.63, 3.8) is 0 Å². The minimum Gasteiger partial charge on any atom is -0.252 e. The Labute approximate surface area is 110 Å². The summed E-state index contributed by atoms with van der Waals surface area (Å²) in [6.07, 6.45) is 4.46. The molecule has 0 atom stereocenters. The lowest BCUT2D eigenvalue weighted by Crippen LogP contribution is -1.99. The normalized spacial score (nSPS) is 12.5. The summed E-state index contributed by atoms with van der Waals surface area (Å²) in [5, 5.41) is 1.25. The van der Waals surface area contributed by atoms with Gasteiger partial charge < -0.3 is 0 Å². The monoisotopic (exact) mass is 239 g/mol. The molecule has 0 spiro atoms. The van der Waals surface area contributed by atoms with Gasteiger partial charge in [0.2, 0.25) is 0 Å². The van der Waals surface area contributed by atoms with Crippen molar-refractivity contribution in [2.24, 2.45) is 5.41 Å². The molecule has 0 aliphatic rings. The maximum absolute atomic E-state index is 4.69. The maximum atomic E-state index is 4.69. The number of aromatic nitrogens is 1. The van der Waals surface area contributed by atoms with Crippen molar-refractivity contribution in [1.29, 1.82) is 0 Å². The van der Waals surface area contributed by atoms with Crippen LogP contribution >= 0.6 is 0 Å². The molecule has 0 saturated heterocycles. The molecule has 18 heavy (non-hydrogen) atoms. The lowest BCUT2D eigenvalue weighted by atomic mass is 9.93. The number of pyridine rings is 1. The SMILES string of the molecule is Cc1nc2ccccc2c(C)c1/C=C/C(C)(C)C. The van der Waals surface area contributed by atoms with Crippen LogP contribution in [0.4, 0.5) is 0 Å². The predicted molar refractivity (Wildman–Crippen MR) is 79.7 cm³/mol. The van der Waals surface area contributed by atoms with E-state index in [0.29, 0.717) is 0 Å². The molecule has 0 aliphatic heterocycles. The van der Waals surface area contributed by atoms with Gasteiger partial charge in [0.05, 0.1) is 5.52 Å². The fraction of sp³-hybridized carbons (Fsp3) is 0.353. The van der Waals surface area contributed by atoms with Crippen molar-refractivity contribution in [2.75, 3.05) is 0 Å². The standard InChI is InChI=1S/C17H21N/c1-12-14(10-11-17(3,4)5)13(2)18-16-9-7-6-8-15(12)16/h6-11H,1-5H3/b11-10+. The van der Waals surface area contributed by atoms with E-state index in [1.165, 1.54) is 16.5 Å². The minimum atomic E-state index is 0.199. The third-order valence-electron chi connectivity index (χ3n) is 3.14. The molecule has 2 rings (SSSR count). The van der Waals surface area contributed by atoms with Gasteiger partial charge in [-0.1, -0.05) is 51.1 Å². The summed E-state index contributed by atoms with van der Waals surface area (Å²) in [5.74, 6) is 0. The number of hydrogen-bond donors (Lipinski definition) is 0. The molecule has 0 N–H and O–H groups in total. The molecule has 0 aliphatic carbocycles. The van der Waals surface area contributed by atoms with Crippen LogP contribution in [0.15, 0.2) is 30.3 Å². The summed E-state index contributed by atoms with van der Waals surface area (Å²) in [6, 6.07) is 8.33. The topological polar surface area (TPSA) is 12.9 Å². The van der Waals surface area contributed by atoms with Gasteiger partial charge in [-0.2, -0.15) is 0 Å². The number of allylic oxidation sites excluding steroid dienone is 1. The summed E-state index contributed by atoms with van der Waals surface area (Å²) in [7, 11) is 0. The van der Waals surface area contributed by atoms with Gasteiger partial charge in [0, 0.05) is 11.1 Å². The Kier molecular flexibility index (Phi) is 3.25. The number of hydrogen-bond acceptors (Lipinski definition) is 1. The van der Waals surface area contributed by atoms with E-state index in [0.717, 1.165) is 11.2 Å². The lowest BCUT2D eigenvalue weighted by Gasteiger charge is -2.13. The van der Waals surface area contributed by atoms with E-state index < -0.39 is 0 Å². The first-order chi connectivity index (χ1) is 8.38. The Balaban J connectivity index is 2.61. The van der Waals surface area contributed by atoms with E-state index in [-0.39, 0.29) is 5.41 Å². The molecule has 0 fully saturated rings. The van der Waals surface area contributed by atoms with Gasteiger partial charge in [-0.3, -0.25) is 4.98 Å². The highest BCUT2D eigenvalue weighted by Gasteiger charge is 2.08. The summed E-state index contributed by atoms with van der Waals surface area (Å²) >= 11 is 0. The Bertz CT molecular complexity index is 601. The zero-order chi connectivity index (χ0) is 13.3. The first-order valence-electron chi connectivity index (χ1n) is 6.44. The van der Waals surface area contributed by atoms with Gasteiger partial charge in [-0.15, -0.1) is 0 Å². The fourth-order valence-electron chi connectivity index (χ4n) is 2.12. The third-order valence-corrected chi connectivity index (χ3v) is 3.14. The van der Waals surface area contributed by atoms with Crippen LogP contribution < -0.4 is 0 Å². The van der Waals surface area contributed by atoms with Crippen LogP contribution in [0.2, 0.25) is 0 Å². The number of benzene rings is 1. The third kappa shape index (κ3) is 2.61. The highest BCUT2D eigenvalue weighted by atomic mass is 14.7. The molecule has 0 unspecified atom stereocenters. The van der Waals surface area contributed by atoms with Gasteiger partial charge >= 0.3 is 0 Å². The highest BCUT2D eigenvalue weighted by Crippen LogP contribution is 2.25. The van der Waals surface area contributed by atoms with Gasteiger partial charge in [-0.05, 0) is 36.5 Å². The van der Waals surface area contributed by atoms with Gasteiger partial charge in [0.1, 0.15) is 0 Å². The molecule has 0 bridgehead atoms. The van der Waals surface area contributed by atoms with Crippen LogP contribution in [0, 0.1) is 19.3 Å². The van der Waals surface area contributed by atoms with Crippen molar-refractivity contribution in [2.45, 2.75) is 34.6 Å². The Morgan fingerprint density at radius 1 is 1.06 bits per heavy atom. The molecule has 1 nitrogen and oxygen atoms in total. The van der Waals surface area contributed by atoms with Crippen molar-refractivity contribution in [1.82, 2.24) is 4.98 Å². The molecule has 0 saturated carbocycles. The quantitative estimate of drug-likeness (QED) is 0.689. The number of para-hydroxylation sites is 1. The molecular weight excluding hydrogens is 218 g/mol. The van der Waals surface area contributed by atoms with Crippen LogP contribution in [0.5, 0.6) is 0 Å². The zero-order valence-electron chi connectivity index (χ0n) is 11.9. The van der Waals surface area contributed by atoms with E-state index in [2.05, 4.69) is 70.0 Å². The van der Waals surface area contributed by atoms with Gasteiger partial charge in [-0.25, -0.2) is 0 Å². The lowest BCUT2D eigenvalue weighted by molar-refractivity contribution is 0.547. The summed E-state index contributed by atoms with van der Waals surface area (Å²) in [6.45, 7) is 10.9. The molecule has 1 heteroatoms. The molecule has 0 radical (unpaired) electrons. The predicted octanol–water partition coefficient (Wildman–Crippen LogP) is 4.91. The average Bonchev–Trinajstić information content (AvgIpc) is 2.27. The van der Waals surface area contributed by atoms with E-state index in [4.69, 9.17) is 0 Å². The Morgan fingerprint density at radius 3 is 2.39 bits per heavy atom. The summed E-state index contributed by atoms with van der Waals surface area (Å²) in [4.78, 5) is 4.69. The number of nitrogens with zero attached hydrogens (tertiary/aromatic N) is 1. The van der Waals surface area contributed by atoms with Crippen molar-refractivity contribution in [3.8, 4) is 0 Å². The second-order valence-corrected chi connectivity index (χ2v) is 5.95. The van der Waals surface area contributed by atoms with Crippen LogP contribution in [0.3, 0.4) is 0 Å². The molecule has 0 amide bonds. The van der Waals surface area contributed by atoms with E-state index in [9.17, 15) is 0 Å². The molecule has 94 valence electrons.